The fourth-order valence-electron chi connectivity index (χ4n) is 5.05. The summed E-state index contributed by atoms with van der Waals surface area (Å²) in [6.07, 6.45) is 2.32. The Bertz CT molecular complexity index is 1180. The number of nitrogens with zero attached hydrogens (tertiary/aromatic N) is 2. The van der Waals surface area contributed by atoms with Gasteiger partial charge in [0.1, 0.15) is 11.4 Å². The van der Waals surface area contributed by atoms with Gasteiger partial charge in [0.2, 0.25) is 11.8 Å². The van der Waals surface area contributed by atoms with Crippen molar-refractivity contribution in [2.24, 2.45) is 5.92 Å². The van der Waals surface area contributed by atoms with E-state index in [-0.39, 0.29) is 42.8 Å². The van der Waals surface area contributed by atoms with Crippen molar-refractivity contribution < 1.29 is 28.6 Å². The minimum absolute atomic E-state index is 0.155. The zero-order chi connectivity index (χ0) is 25.5. The summed E-state index contributed by atoms with van der Waals surface area (Å²) in [5.41, 5.74) is -1.02. The van der Waals surface area contributed by atoms with E-state index >= 15 is 4.39 Å². The summed E-state index contributed by atoms with van der Waals surface area (Å²) in [5, 5.41) is 14.3. The lowest BCUT2D eigenvalue weighted by Crippen LogP contribution is -2.52. The Labute approximate surface area is 203 Å². The number of carbonyl (C=O) groups excluding carboxylic acids is 3. The van der Waals surface area contributed by atoms with Gasteiger partial charge in [-0.15, -0.1) is 0 Å². The summed E-state index contributed by atoms with van der Waals surface area (Å²) < 4.78 is 21.4. The van der Waals surface area contributed by atoms with Crippen LogP contribution in [0.15, 0.2) is 24.4 Å². The number of piperidine rings is 2. The lowest BCUT2D eigenvalue weighted by Gasteiger charge is -2.45. The Balaban J connectivity index is 1.65. The Morgan fingerprint density at radius 3 is 2.74 bits per heavy atom. The van der Waals surface area contributed by atoms with Gasteiger partial charge in [-0.3, -0.25) is 19.9 Å². The molecule has 2 aliphatic rings. The fourth-order valence-corrected chi connectivity index (χ4v) is 5.05. The average Bonchev–Trinajstić information content (AvgIpc) is 2.78. The second-order valence-electron chi connectivity index (χ2n) is 10.5. The molecule has 9 heteroatoms. The number of amides is 3. The maximum absolute atomic E-state index is 15.9. The van der Waals surface area contributed by atoms with Gasteiger partial charge in [0, 0.05) is 42.6 Å². The number of rotatable bonds is 3. The topological polar surface area (TPSA) is 109 Å². The number of hydrogen-bond acceptors (Lipinski definition) is 6. The molecule has 0 spiro atoms. The van der Waals surface area contributed by atoms with Crippen molar-refractivity contribution in [3.05, 3.63) is 41.3 Å². The number of fused-ring (bicyclic) bond motifs is 1. The molecule has 2 fully saturated rings. The summed E-state index contributed by atoms with van der Waals surface area (Å²) >= 11 is 0. The molecule has 2 aliphatic heterocycles. The van der Waals surface area contributed by atoms with Gasteiger partial charge in [0.05, 0.1) is 17.0 Å². The van der Waals surface area contributed by atoms with E-state index in [4.69, 9.17) is 4.74 Å². The maximum Gasteiger partial charge on any atom is 0.410 e. The highest BCUT2D eigenvalue weighted by Gasteiger charge is 2.45. The third-order valence-electron chi connectivity index (χ3n) is 6.95. The molecule has 188 valence electrons. The zero-order valence-corrected chi connectivity index (χ0v) is 20.6. The number of pyridine rings is 1. The van der Waals surface area contributed by atoms with E-state index < -0.39 is 40.9 Å². The molecule has 1 aromatic carbocycles. The molecule has 3 amide bonds. The largest absolute Gasteiger partial charge is 0.444 e. The zero-order valence-electron chi connectivity index (χ0n) is 20.6. The van der Waals surface area contributed by atoms with Crippen LogP contribution in [0.3, 0.4) is 0 Å². The molecule has 35 heavy (non-hydrogen) atoms. The van der Waals surface area contributed by atoms with Gasteiger partial charge in [-0.25, -0.2) is 9.18 Å². The summed E-state index contributed by atoms with van der Waals surface area (Å²) in [6.45, 7) is 7.76. The first-order valence-corrected chi connectivity index (χ1v) is 12.1. The highest BCUT2D eigenvalue weighted by Crippen LogP contribution is 2.42. The molecule has 2 aromatic rings. The second kappa shape index (κ2) is 9.18. The molecule has 4 rings (SSSR count). The molecule has 3 unspecified atom stereocenters. The van der Waals surface area contributed by atoms with E-state index in [1.54, 1.807) is 43.9 Å². The maximum atomic E-state index is 15.9. The van der Waals surface area contributed by atoms with Crippen LogP contribution >= 0.6 is 0 Å². The van der Waals surface area contributed by atoms with Gasteiger partial charge in [-0.2, -0.15) is 0 Å². The summed E-state index contributed by atoms with van der Waals surface area (Å²) in [7, 11) is 0. The summed E-state index contributed by atoms with van der Waals surface area (Å²) in [5.74, 6) is -2.31. The molecule has 0 radical (unpaired) electrons. The van der Waals surface area contributed by atoms with Gasteiger partial charge >= 0.3 is 6.09 Å². The number of halogens is 1. The van der Waals surface area contributed by atoms with Crippen LogP contribution < -0.4 is 5.32 Å². The Morgan fingerprint density at radius 2 is 2.09 bits per heavy atom. The monoisotopic (exact) mass is 485 g/mol. The highest BCUT2D eigenvalue weighted by molar-refractivity contribution is 6.01. The second-order valence-corrected chi connectivity index (χ2v) is 10.5. The Morgan fingerprint density at radius 1 is 1.34 bits per heavy atom. The van der Waals surface area contributed by atoms with Gasteiger partial charge in [-0.1, -0.05) is 13.0 Å². The van der Waals surface area contributed by atoms with E-state index in [1.165, 1.54) is 6.20 Å². The van der Waals surface area contributed by atoms with Crippen LogP contribution in [0.4, 0.5) is 9.18 Å². The van der Waals surface area contributed by atoms with Crippen molar-refractivity contribution >= 4 is 28.8 Å². The Kier molecular flexibility index (Phi) is 6.57. The van der Waals surface area contributed by atoms with Gasteiger partial charge in [0.25, 0.3) is 0 Å². The van der Waals surface area contributed by atoms with Crippen LogP contribution in [0.2, 0.25) is 0 Å². The van der Waals surface area contributed by atoms with Crippen LogP contribution in [0.1, 0.15) is 70.4 Å². The van der Waals surface area contributed by atoms with Crippen molar-refractivity contribution in [3.63, 3.8) is 0 Å². The van der Waals surface area contributed by atoms with Crippen molar-refractivity contribution in [3.8, 4) is 0 Å². The van der Waals surface area contributed by atoms with E-state index in [2.05, 4.69) is 10.3 Å². The van der Waals surface area contributed by atoms with E-state index in [0.717, 1.165) is 0 Å². The number of aromatic nitrogens is 1. The van der Waals surface area contributed by atoms with Crippen molar-refractivity contribution in [2.45, 2.75) is 70.5 Å². The lowest BCUT2D eigenvalue weighted by molar-refractivity contribution is -0.134. The number of nitrogens with one attached hydrogen (secondary N) is 1. The molecular weight excluding hydrogens is 453 g/mol. The lowest BCUT2D eigenvalue weighted by atomic mass is 9.74. The fraction of sp³-hybridized carbons (Fsp3) is 0.538. The normalized spacial score (nSPS) is 25.5. The van der Waals surface area contributed by atoms with Crippen molar-refractivity contribution in [2.75, 3.05) is 13.1 Å². The standard InChI is InChI=1S/C26H32FN3O5/c1-5-16-14-30(24(33)35-25(2,3)4)11-10-26(16,34)19-7-8-20-18(22(19)27)12-15(13-28-20)17-6-9-21(31)29-23(17)32/h7-8,12-13,16-17,34H,5-6,9-11,14H2,1-4H3,(H,29,31,32). The number of benzene rings is 1. The first-order chi connectivity index (χ1) is 16.4. The summed E-state index contributed by atoms with van der Waals surface area (Å²) in [4.78, 5) is 42.3. The van der Waals surface area contributed by atoms with Gasteiger partial charge in [0.15, 0.2) is 0 Å². The molecule has 0 aliphatic carbocycles. The molecule has 1 aromatic heterocycles. The smallest absolute Gasteiger partial charge is 0.410 e. The van der Waals surface area contributed by atoms with Crippen LogP contribution in [0, 0.1) is 11.7 Å². The third-order valence-corrected chi connectivity index (χ3v) is 6.95. The predicted octanol–water partition coefficient (Wildman–Crippen LogP) is 3.75. The third kappa shape index (κ3) is 4.87. The highest BCUT2D eigenvalue weighted by atomic mass is 19.1. The molecule has 0 saturated carbocycles. The molecule has 3 atom stereocenters. The number of carbonyl (C=O) groups is 3. The van der Waals surface area contributed by atoms with E-state index in [9.17, 15) is 19.5 Å². The number of ether oxygens (including phenoxy) is 1. The van der Waals surface area contributed by atoms with E-state index in [0.29, 0.717) is 23.9 Å². The molecule has 2 saturated heterocycles. The van der Waals surface area contributed by atoms with Crippen LogP contribution in [-0.4, -0.2) is 51.6 Å². The number of hydrogen-bond donors (Lipinski definition) is 2. The number of imide groups is 1. The number of aliphatic hydroxyl groups is 1. The first kappa shape index (κ1) is 25.0. The molecule has 2 N–H and O–H groups in total. The molecular formula is C26H32FN3O5. The SMILES string of the molecule is CCC1CN(C(=O)OC(C)(C)C)CCC1(O)c1ccc2ncc(C3CCC(=O)NC3=O)cc2c1F. The van der Waals surface area contributed by atoms with Gasteiger partial charge < -0.3 is 14.7 Å². The molecule has 0 bridgehead atoms. The predicted molar refractivity (Wildman–Crippen MR) is 127 cm³/mol. The van der Waals surface area contributed by atoms with Crippen LogP contribution in [-0.2, 0) is 19.9 Å². The number of likely N-dealkylation sites (tertiary alicyclic amines) is 1. The molecule has 3 heterocycles. The van der Waals surface area contributed by atoms with E-state index in [1.807, 2.05) is 6.92 Å². The van der Waals surface area contributed by atoms with Crippen molar-refractivity contribution in [1.29, 1.82) is 0 Å². The average molecular weight is 486 g/mol. The van der Waals surface area contributed by atoms with Crippen molar-refractivity contribution in [1.82, 2.24) is 15.2 Å². The summed E-state index contributed by atoms with van der Waals surface area (Å²) in [6, 6.07) is 4.80. The van der Waals surface area contributed by atoms with Crippen LogP contribution in [0.5, 0.6) is 0 Å². The minimum atomic E-state index is -1.48. The Hall–Kier alpha value is -3.07. The molecule has 8 nitrogen and oxygen atoms in total. The quantitative estimate of drug-likeness (QED) is 0.641. The van der Waals surface area contributed by atoms with Gasteiger partial charge in [-0.05, 0) is 57.7 Å². The first-order valence-electron chi connectivity index (χ1n) is 12.1. The minimum Gasteiger partial charge on any atom is -0.444 e. The van der Waals surface area contributed by atoms with Crippen LogP contribution in [0.25, 0.3) is 10.9 Å².